The minimum Gasteiger partial charge on any atom is -0.420 e. The lowest BCUT2D eigenvalue weighted by molar-refractivity contribution is -0.136. The van der Waals surface area contributed by atoms with Crippen LogP contribution in [-0.4, -0.2) is 18.3 Å². The zero-order chi connectivity index (χ0) is 18.2. The number of ether oxygens (including phenoxy) is 1. The lowest BCUT2D eigenvalue weighted by Gasteiger charge is -2.16. The van der Waals surface area contributed by atoms with Crippen molar-refractivity contribution in [1.82, 2.24) is 5.32 Å². The summed E-state index contributed by atoms with van der Waals surface area (Å²) < 4.78 is 5.31. The summed E-state index contributed by atoms with van der Waals surface area (Å²) in [5.41, 5.74) is 1.52. The van der Waals surface area contributed by atoms with Gasteiger partial charge in [0.2, 0.25) is 11.5 Å². The van der Waals surface area contributed by atoms with Crippen LogP contribution in [0.1, 0.15) is 36.2 Å². The van der Waals surface area contributed by atoms with Gasteiger partial charge in [0.1, 0.15) is 0 Å². The first-order valence-electron chi connectivity index (χ1n) is 8.05. The van der Waals surface area contributed by atoms with Crippen molar-refractivity contribution in [1.29, 1.82) is 0 Å². The molecule has 0 heterocycles. The van der Waals surface area contributed by atoms with Gasteiger partial charge in [-0.2, -0.15) is 0 Å². The molecule has 0 bridgehead atoms. The van der Waals surface area contributed by atoms with Crippen LogP contribution in [0.15, 0.2) is 60.4 Å². The van der Waals surface area contributed by atoms with Crippen LogP contribution in [0, 0.1) is 0 Å². The van der Waals surface area contributed by atoms with E-state index >= 15 is 0 Å². The highest BCUT2D eigenvalue weighted by Gasteiger charge is 2.23. The summed E-state index contributed by atoms with van der Waals surface area (Å²) in [4.78, 5) is 24.6. The number of Topliss-reactive ketones (excluding diaryl/α,β-unsaturated/α-hetero) is 1. The van der Waals surface area contributed by atoms with Gasteiger partial charge in [0.25, 0.3) is 0 Å². The molecule has 4 nitrogen and oxygen atoms in total. The fraction of sp³-hybridized carbons (Fsp3) is 0.200. The molecule has 0 saturated carbocycles. The number of benzene rings is 2. The van der Waals surface area contributed by atoms with Crippen molar-refractivity contribution in [3.8, 4) is 0 Å². The van der Waals surface area contributed by atoms with Crippen molar-refractivity contribution in [2.75, 3.05) is 6.54 Å². The van der Waals surface area contributed by atoms with Gasteiger partial charge < -0.3 is 10.1 Å². The van der Waals surface area contributed by atoms with Gasteiger partial charge in [0, 0.05) is 24.6 Å². The number of esters is 1. The van der Waals surface area contributed by atoms with E-state index in [1.54, 1.807) is 24.3 Å². The van der Waals surface area contributed by atoms with Gasteiger partial charge in [-0.15, -0.1) is 0 Å². The molecule has 0 spiro atoms. The third-order valence-corrected chi connectivity index (χ3v) is 3.74. The van der Waals surface area contributed by atoms with E-state index in [2.05, 4.69) is 5.32 Å². The summed E-state index contributed by atoms with van der Waals surface area (Å²) >= 11 is 6.15. The summed E-state index contributed by atoms with van der Waals surface area (Å²) in [7, 11) is 0. The molecule has 0 unspecified atom stereocenters. The maximum atomic E-state index is 13.0. The van der Waals surface area contributed by atoms with Crippen molar-refractivity contribution in [2.45, 2.75) is 20.3 Å². The molecule has 2 rings (SSSR count). The molecule has 0 fully saturated rings. The highest BCUT2D eigenvalue weighted by Crippen LogP contribution is 2.24. The van der Waals surface area contributed by atoms with Gasteiger partial charge >= 0.3 is 5.97 Å². The van der Waals surface area contributed by atoms with Crippen LogP contribution in [0.2, 0.25) is 5.02 Å². The van der Waals surface area contributed by atoms with Gasteiger partial charge in [-0.25, -0.2) is 0 Å². The Morgan fingerprint density at radius 1 is 1.04 bits per heavy atom. The Labute approximate surface area is 152 Å². The molecular weight excluding hydrogens is 338 g/mol. The van der Waals surface area contributed by atoms with Crippen LogP contribution in [-0.2, 0) is 9.53 Å². The van der Waals surface area contributed by atoms with Gasteiger partial charge in [-0.3, -0.25) is 9.59 Å². The molecule has 2 aromatic carbocycles. The smallest absolute Gasteiger partial charge is 0.308 e. The Bertz CT molecular complexity index is 785. The number of nitrogens with one attached hydrogen (secondary N) is 1. The third-order valence-electron chi connectivity index (χ3n) is 3.41. The zero-order valence-electron chi connectivity index (χ0n) is 14.2. The standard InChI is InChI=1S/C20H20ClNO3/c1-3-13-22-18(15-9-5-4-6-10-15)20(25-14(2)23)19(24)16-11-7-8-12-17(16)21/h4-12,22H,3,13H2,1-2H3/b20-18+. The highest BCUT2D eigenvalue weighted by atomic mass is 35.5. The minimum atomic E-state index is -0.567. The topological polar surface area (TPSA) is 55.4 Å². The monoisotopic (exact) mass is 357 g/mol. The summed E-state index contributed by atoms with van der Waals surface area (Å²) in [6.45, 7) is 3.91. The normalized spacial score (nSPS) is 11.5. The van der Waals surface area contributed by atoms with Gasteiger partial charge in [-0.05, 0) is 18.6 Å². The van der Waals surface area contributed by atoms with Crippen LogP contribution in [0.25, 0.3) is 5.70 Å². The van der Waals surface area contributed by atoms with Crippen molar-refractivity contribution in [3.63, 3.8) is 0 Å². The zero-order valence-corrected chi connectivity index (χ0v) is 15.0. The van der Waals surface area contributed by atoms with Gasteiger partial charge in [0.05, 0.1) is 10.7 Å². The average molecular weight is 358 g/mol. The predicted octanol–water partition coefficient (Wildman–Crippen LogP) is 4.45. The second kappa shape index (κ2) is 9.04. The molecule has 0 aliphatic heterocycles. The molecule has 2 aromatic rings. The predicted molar refractivity (Wildman–Crippen MR) is 99.2 cm³/mol. The Morgan fingerprint density at radius 2 is 1.68 bits per heavy atom. The van der Waals surface area contributed by atoms with Crippen LogP contribution in [0.4, 0.5) is 0 Å². The minimum absolute atomic E-state index is 0.0553. The fourth-order valence-electron chi connectivity index (χ4n) is 2.29. The Balaban J connectivity index is 2.61. The first-order valence-corrected chi connectivity index (χ1v) is 8.43. The van der Waals surface area contributed by atoms with Gasteiger partial charge in [0.15, 0.2) is 0 Å². The molecule has 1 N–H and O–H groups in total. The van der Waals surface area contributed by atoms with E-state index < -0.39 is 11.8 Å². The van der Waals surface area contributed by atoms with E-state index in [9.17, 15) is 9.59 Å². The SMILES string of the molecule is CCCN/C(=C(/OC(C)=O)C(=O)c1ccccc1Cl)c1ccccc1. The molecule has 0 aliphatic carbocycles. The quantitative estimate of drug-likeness (QED) is 0.344. The van der Waals surface area contributed by atoms with Crippen molar-refractivity contribution < 1.29 is 14.3 Å². The summed E-state index contributed by atoms with van der Waals surface area (Å²) in [5, 5.41) is 3.51. The van der Waals surface area contributed by atoms with E-state index in [4.69, 9.17) is 16.3 Å². The number of carbonyl (C=O) groups excluding carboxylic acids is 2. The summed E-state index contributed by atoms with van der Waals surface area (Å²) in [6, 6.07) is 16.0. The van der Waals surface area contributed by atoms with E-state index in [0.717, 1.165) is 12.0 Å². The largest absolute Gasteiger partial charge is 0.420 e. The van der Waals surface area contributed by atoms with Crippen LogP contribution in [0.5, 0.6) is 0 Å². The Hall–Kier alpha value is -2.59. The summed E-state index contributed by atoms with van der Waals surface area (Å²) in [5.74, 6) is -1.06. The highest BCUT2D eigenvalue weighted by molar-refractivity contribution is 6.35. The summed E-state index contributed by atoms with van der Waals surface area (Å²) in [6.07, 6.45) is 0.851. The molecule has 0 atom stereocenters. The second-order valence-corrected chi connectivity index (χ2v) is 5.81. The number of carbonyl (C=O) groups is 2. The van der Waals surface area contributed by atoms with Crippen LogP contribution < -0.4 is 5.32 Å². The molecule has 25 heavy (non-hydrogen) atoms. The van der Waals surface area contributed by atoms with Crippen molar-refractivity contribution >= 4 is 29.1 Å². The Morgan fingerprint density at radius 3 is 2.28 bits per heavy atom. The molecule has 0 saturated heterocycles. The Kier molecular flexibility index (Phi) is 6.78. The number of ketones is 1. The first kappa shape index (κ1) is 18.7. The number of rotatable bonds is 7. The molecule has 0 aromatic heterocycles. The van der Waals surface area contributed by atoms with E-state index in [-0.39, 0.29) is 11.3 Å². The van der Waals surface area contributed by atoms with E-state index in [0.29, 0.717) is 17.3 Å². The number of halogens is 1. The number of hydrogen-bond acceptors (Lipinski definition) is 4. The molecule has 0 aliphatic rings. The van der Waals surface area contributed by atoms with Gasteiger partial charge in [-0.1, -0.05) is 61.0 Å². The lowest BCUT2D eigenvalue weighted by atomic mass is 10.0. The maximum Gasteiger partial charge on any atom is 0.308 e. The molecule has 130 valence electrons. The molecule has 0 amide bonds. The van der Waals surface area contributed by atoms with Crippen LogP contribution in [0.3, 0.4) is 0 Å². The molecule has 0 radical (unpaired) electrons. The van der Waals surface area contributed by atoms with E-state index in [1.807, 2.05) is 37.3 Å². The molecule has 5 heteroatoms. The maximum absolute atomic E-state index is 13.0. The lowest BCUT2D eigenvalue weighted by Crippen LogP contribution is -2.21. The first-order chi connectivity index (χ1) is 12.0. The second-order valence-electron chi connectivity index (χ2n) is 5.40. The fourth-order valence-corrected chi connectivity index (χ4v) is 2.51. The van der Waals surface area contributed by atoms with E-state index in [1.165, 1.54) is 6.92 Å². The molecular formula is C20H20ClNO3. The van der Waals surface area contributed by atoms with Crippen molar-refractivity contribution in [3.05, 3.63) is 76.5 Å². The van der Waals surface area contributed by atoms with Crippen molar-refractivity contribution in [2.24, 2.45) is 0 Å². The number of hydrogen-bond donors (Lipinski definition) is 1. The third kappa shape index (κ3) is 4.94. The average Bonchev–Trinajstić information content (AvgIpc) is 2.61. The number of allylic oxidation sites excluding steroid dienone is 1. The van der Waals surface area contributed by atoms with Crippen LogP contribution >= 0.6 is 11.6 Å².